The van der Waals surface area contributed by atoms with Crippen molar-refractivity contribution in [2.45, 2.75) is 0 Å². The molecule has 0 amide bonds. The highest BCUT2D eigenvalue weighted by Crippen LogP contribution is 2.37. The zero-order chi connectivity index (χ0) is 6.81. The van der Waals surface area contributed by atoms with Crippen LogP contribution >= 0.6 is 30.0 Å². The van der Waals surface area contributed by atoms with Gasteiger partial charge in [0, 0.05) is 5.56 Å². The Labute approximate surface area is 70.2 Å². The SMILES string of the molecule is c1ccc(-c2ss[s+]2)cc1. The molecule has 50 valence electrons. The molecule has 0 bridgehead atoms. The molecule has 10 heavy (non-hydrogen) atoms. The molecule has 3 heteroatoms. The van der Waals surface area contributed by atoms with Crippen molar-refractivity contribution in [1.82, 2.24) is 0 Å². The van der Waals surface area contributed by atoms with Gasteiger partial charge in [-0.3, -0.25) is 0 Å². The van der Waals surface area contributed by atoms with E-state index in [1.54, 1.807) is 0 Å². The Morgan fingerprint density at radius 3 is 2.30 bits per heavy atom. The van der Waals surface area contributed by atoms with Gasteiger partial charge >= 0.3 is 0 Å². The van der Waals surface area contributed by atoms with Crippen LogP contribution in [0.3, 0.4) is 0 Å². The largest absolute Gasteiger partial charge is 0.247 e. The van der Waals surface area contributed by atoms with Crippen molar-refractivity contribution in [3.63, 3.8) is 0 Å². The van der Waals surface area contributed by atoms with Crippen LogP contribution in [0.2, 0.25) is 0 Å². The molecule has 0 saturated heterocycles. The summed E-state index contributed by atoms with van der Waals surface area (Å²) in [4.78, 5) is 0. The Balaban J connectivity index is 2.42. The average Bonchev–Trinajstić information content (AvgIpc) is 1.86. The van der Waals surface area contributed by atoms with E-state index < -0.39 is 0 Å². The fourth-order valence-electron chi connectivity index (χ4n) is 0.739. The molecule has 1 heterocycles. The van der Waals surface area contributed by atoms with Gasteiger partial charge in [0.05, 0.1) is 0 Å². The Morgan fingerprint density at radius 1 is 1.10 bits per heavy atom. The zero-order valence-corrected chi connectivity index (χ0v) is 7.56. The van der Waals surface area contributed by atoms with Gasteiger partial charge in [-0.05, 0) is 0 Å². The van der Waals surface area contributed by atoms with Crippen LogP contribution in [0.15, 0.2) is 30.3 Å². The van der Waals surface area contributed by atoms with Crippen LogP contribution in [0.1, 0.15) is 0 Å². The predicted molar refractivity (Wildman–Crippen MR) is 49.9 cm³/mol. The van der Waals surface area contributed by atoms with Gasteiger partial charge in [0.1, 0.15) is 30.0 Å². The highest BCUT2D eigenvalue weighted by Gasteiger charge is 2.08. The van der Waals surface area contributed by atoms with Crippen LogP contribution in [0.4, 0.5) is 0 Å². The molecule has 0 radical (unpaired) electrons. The molecule has 0 saturated carbocycles. The van der Waals surface area contributed by atoms with Crippen molar-refractivity contribution >= 4 is 30.0 Å². The Bertz CT molecular complexity index is 284. The van der Waals surface area contributed by atoms with Crippen LogP contribution in [-0.2, 0) is 0 Å². The Hall–Kier alpha value is -0.250. The maximum Gasteiger partial charge on any atom is 0.247 e. The second-order valence-electron chi connectivity index (χ2n) is 1.89. The topological polar surface area (TPSA) is 0 Å². The highest BCUT2D eigenvalue weighted by molar-refractivity contribution is 8.03. The molecule has 2 aromatic rings. The number of rotatable bonds is 1. The molecular formula is C7H5S3+. The minimum absolute atomic E-state index is 1.36. The minimum atomic E-state index is 1.36. The summed E-state index contributed by atoms with van der Waals surface area (Å²) in [5.74, 6) is 0. The third-order valence-electron chi connectivity index (χ3n) is 1.23. The summed E-state index contributed by atoms with van der Waals surface area (Å²) in [6.07, 6.45) is 0. The normalized spacial score (nSPS) is 10.0. The highest BCUT2D eigenvalue weighted by atomic mass is 33.3. The van der Waals surface area contributed by atoms with Gasteiger partial charge in [0.25, 0.3) is 0 Å². The summed E-state index contributed by atoms with van der Waals surface area (Å²) in [6.45, 7) is 0. The van der Waals surface area contributed by atoms with Crippen LogP contribution in [0.25, 0.3) is 9.75 Å². The lowest BCUT2D eigenvalue weighted by Crippen LogP contribution is -1.67. The van der Waals surface area contributed by atoms with E-state index in [2.05, 4.69) is 24.3 Å². The van der Waals surface area contributed by atoms with E-state index in [9.17, 15) is 0 Å². The molecule has 0 aliphatic carbocycles. The van der Waals surface area contributed by atoms with Crippen molar-refractivity contribution in [1.29, 1.82) is 0 Å². The molecule has 0 atom stereocenters. The molecule has 0 spiro atoms. The second-order valence-corrected chi connectivity index (χ2v) is 6.07. The van der Waals surface area contributed by atoms with Gasteiger partial charge in [-0.25, -0.2) is 0 Å². The van der Waals surface area contributed by atoms with Crippen molar-refractivity contribution in [3.05, 3.63) is 30.3 Å². The smallest absolute Gasteiger partial charge is 0.0622 e. The first kappa shape index (κ1) is 6.46. The first-order valence-electron chi connectivity index (χ1n) is 2.90. The van der Waals surface area contributed by atoms with Crippen molar-refractivity contribution < 1.29 is 0 Å². The van der Waals surface area contributed by atoms with Crippen LogP contribution in [0.5, 0.6) is 0 Å². The monoisotopic (exact) mass is 185 g/mol. The summed E-state index contributed by atoms with van der Waals surface area (Å²) < 4.78 is 1.44. The van der Waals surface area contributed by atoms with Gasteiger partial charge in [-0.1, -0.05) is 30.3 Å². The van der Waals surface area contributed by atoms with E-state index in [0.29, 0.717) is 0 Å². The summed E-state index contributed by atoms with van der Waals surface area (Å²) in [5.41, 5.74) is 1.36. The van der Waals surface area contributed by atoms with Crippen LogP contribution in [0, 0.1) is 0 Å². The number of hydrogen-bond acceptors (Lipinski definition) is 2. The standard InChI is InChI=1S/C7H5S3/c1-2-4-6(5-3-1)7-8-10-9-7/h1-5H/q+1. The number of hydrogen-bond donors (Lipinski definition) is 0. The third kappa shape index (κ3) is 1.12. The van der Waals surface area contributed by atoms with Crippen LogP contribution in [-0.4, -0.2) is 0 Å². The predicted octanol–water partition coefficient (Wildman–Crippen LogP) is 3.82. The number of benzene rings is 1. The van der Waals surface area contributed by atoms with Gasteiger partial charge in [0.15, 0.2) is 0 Å². The molecule has 0 fully saturated rings. The average molecular weight is 185 g/mol. The molecule has 1 aromatic carbocycles. The van der Waals surface area contributed by atoms with E-state index in [1.165, 1.54) is 9.75 Å². The lowest BCUT2D eigenvalue weighted by molar-refractivity contribution is 1.72. The summed E-state index contributed by atoms with van der Waals surface area (Å²) in [5, 5.41) is 0. The van der Waals surface area contributed by atoms with E-state index in [1.807, 2.05) is 36.1 Å². The molecule has 2 rings (SSSR count). The lowest BCUT2D eigenvalue weighted by atomic mass is 10.2. The zero-order valence-electron chi connectivity index (χ0n) is 5.11. The maximum absolute atomic E-state index is 2.15. The fourth-order valence-corrected chi connectivity index (χ4v) is 3.55. The quantitative estimate of drug-likeness (QED) is 0.468. The molecule has 0 N–H and O–H groups in total. The van der Waals surface area contributed by atoms with Crippen molar-refractivity contribution in [2.75, 3.05) is 0 Å². The Morgan fingerprint density at radius 2 is 1.80 bits per heavy atom. The Kier molecular flexibility index (Phi) is 1.80. The van der Waals surface area contributed by atoms with E-state index in [4.69, 9.17) is 0 Å². The van der Waals surface area contributed by atoms with Gasteiger partial charge < -0.3 is 0 Å². The first-order chi connectivity index (χ1) is 4.97. The van der Waals surface area contributed by atoms with Crippen molar-refractivity contribution in [3.8, 4) is 9.75 Å². The summed E-state index contributed by atoms with van der Waals surface area (Å²) >= 11 is 0. The maximum atomic E-state index is 2.15. The molecular weight excluding hydrogens is 180 g/mol. The summed E-state index contributed by atoms with van der Waals surface area (Å²) in [6, 6.07) is 10.5. The van der Waals surface area contributed by atoms with Gasteiger partial charge in [0.2, 0.25) is 4.19 Å². The van der Waals surface area contributed by atoms with Gasteiger partial charge in [-0.2, -0.15) is 0 Å². The molecule has 1 aromatic heterocycles. The molecule has 0 aliphatic heterocycles. The third-order valence-corrected chi connectivity index (χ3v) is 5.91. The van der Waals surface area contributed by atoms with E-state index in [0.717, 1.165) is 0 Å². The fraction of sp³-hybridized carbons (Fsp3) is 0. The summed E-state index contributed by atoms with van der Waals surface area (Å²) in [7, 11) is 5.55. The van der Waals surface area contributed by atoms with Gasteiger partial charge in [-0.15, -0.1) is 0 Å². The molecule has 0 nitrogen and oxygen atoms in total. The first-order valence-corrected chi connectivity index (χ1v) is 6.39. The molecule has 0 unspecified atom stereocenters. The van der Waals surface area contributed by atoms with E-state index in [-0.39, 0.29) is 0 Å². The minimum Gasteiger partial charge on any atom is -0.0622 e. The lowest BCUT2D eigenvalue weighted by Gasteiger charge is -1.90. The van der Waals surface area contributed by atoms with Crippen molar-refractivity contribution in [2.24, 2.45) is 0 Å². The van der Waals surface area contributed by atoms with E-state index >= 15 is 0 Å². The molecule has 0 aliphatic rings. The van der Waals surface area contributed by atoms with Crippen LogP contribution < -0.4 is 0 Å². The second kappa shape index (κ2) is 2.78.